The molecule has 0 saturated heterocycles. The lowest BCUT2D eigenvalue weighted by atomic mass is 9.91. The maximum absolute atomic E-state index is 12.3. The molecule has 2 aromatic rings. The third-order valence-electron chi connectivity index (χ3n) is 5.25. The maximum atomic E-state index is 12.3. The van der Waals surface area contributed by atoms with Gasteiger partial charge in [-0.3, -0.25) is 14.6 Å². The van der Waals surface area contributed by atoms with Gasteiger partial charge in [0.2, 0.25) is 5.95 Å². The molecule has 12 heteroatoms. The molecule has 0 saturated carbocycles. The number of aromatic nitrogens is 3. The molecule has 0 spiro atoms. The van der Waals surface area contributed by atoms with Crippen LogP contribution in [0.5, 0.6) is 0 Å². The van der Waals surface area contributed by atoms with E-state index in [0.717, 1.165) is 30.6 Å². The Hall–Kier alpha value is -3.96. The first kappa shape index (κ1) is 22.7. The number of nitrogens with two attached hydrogens (primary N) is 2. The Morgan fingerprint density at radius 1 is 1.22 bits per heavy atom. The topological polar surface area (TPSA) is 206 Å². The van der Waals surface area contributed by atoms with Gasteiger partial charge in [0.1, 0.15) is 17.7 Å². The zero-order valence-electron chi connectivity index (χ0n) is 17.2. The second-order valence-corrected chi connectivity index (χ2v) is 7.62. The van der Waals surface area contributed by atoms with Crippen molar-refractivity contribution in [3.05, 3.63) is 35.2 Å². The van der Waals surface area contributed by atoms with Crippen LogP contribution in [0.1, 0.15) is 40.9 Å². The van der Waals surface area contributed by atoms with Gasteiger partial charge in [-0.25, -0.2) is 4.79 Å². The maximum Gasteiger partial charge on any atom is 0.326 e. The number of fused-ring (bicyclic) bond motifs is 1. The number of hydrogen-bond donors (Lipinski definition) is 6. The molecule has 2 atom stereocenters. The van der Waals surface area contributed by atoms with Gasteiger partial charge < -0.3 is 32.3 Å². The molecule has 3 rings (SSSR count). The normalized spacial score (nSPS) is 15.8. The number of carboxylic acid groups (broad SMARTS) is 2. The number of nitrogens with zero attached hydrogens (tertiary/aromatic N) is 3. The first-order valence-electron chi connectivity index (χ1n) is 10.1. The summed E-state index contributed by atoms with van der Waals surface area (Å²) in [4.78, 5) is 46.6. The zero-order valence-corrected chi connectivity index (χ0v) is 17.2. The Balaban J connectivity index is 1.54. The largest absolute Gasteiger partial charge is 0.481 e. The lowest BCUT2D eigenvalue weighted by Gasteiger charge is -2.26. The molecule has 3 heterocycles. The average Bonchev–Trinajstić information content (AvgIpc) is 2.75. The molecule has 12 nitrogen and oxygen atoms in total. The highest BCUT2D eigenvalue weighted by Gasteiger charge is 2.23. The molecular formula is C20H25N7O5. The van der Waals surface area contributed by atoms with E-state index in [9.17, 15) is 14.4 Å². The number of rotatable bonds is 9. The number of carbonyl (C=O) groups excluding carboxylic acids is 1. The Morgan fingerprint density at radius 2 is 2.00 bits per heavy atom. The third kappa shape index (κ3) is 5.80. The van der Waals surface area contributed by atoms with Gasteiger partial charge in [0, 0.05) is 30.4 Å². The Kier molecular flexibility index (Phi) is 7.03. The molecule has 1 aliphatic rings. The molecule has 1 amide bonds. The minimum absolute atomic E-state index is 0.136. The van der Waals surface area contributed by atoms with Crippen LogP contribution in [-0.2, 0) is 22.4 Å². The molecule has 0 aromatic carbocycles. The predicted molar refractivity (Wildman–Crippen MR) is 115 cm³/mol. The molecule has 170 valence electrons. The standard InChI is InChI=1S/C20H25N7O5/c21-16-13-7-10(8-24-17(13)27-20(22)26-16)1-3-12-4-2-11(9-23-12)18(30)25-14(19(31)32)5-6-15(28)29/h2,4,9-10,14H,1,3,5-8H2,(H,25,30)(H,28,29)(H,31,32)(H5,21,22,24,26,27)/t10?,14-/m0/s1. The SMILES string of the molecule is Nc1nc(N)c2c(n1)NCC(CCc1ccc(C(=O)N[C@@H](CCC(=O)O)C(=O)O)cn1)C2. The summed E-state index contributed by atoms with van der Waals surface area (Å²) in [5, 5.41) is 23.4. The number of carbonyl (C=O) groups is 3. The summed E-state index contributed by atoms with van der Waals surface area (Å²) in [6.45, 7) is 0.719. The molecule has 32 heavy (non-hydrogen) atoms. The van der Waals surface area contributed by atoms with E-state index in [1.54, 1.807) is 12.1 Å². The number of amides is 1. The number of aliphatic carboxylic acids is 2. The molecule has 0 fully saturated rings. The van der Waals surface area contributed by atoms with Crippen LogP contribution in [0, 0.1) is 5.92 Å². The van der Waals surface area contributed by atoms with Crippen molar-refractivity contribution in [2.75, 3.05) is 23.3 Å². The highest BCUT2D eigenvalue weighted by atomic mass is 16.4. The number of aryl methyl sites for hydroxylation is 1. The Labute approximate surface area is 183 Å². The summed E-state index contributed by atoms with van der Waals surface area (Å²) < 4.78 is 0. The van der Waals surface area contributed by atoms with Crippen LogP contribution in [0.3, 0.4) is 0 Å². The van der Waals surface area contributed by atoms with Gasteiger partial charge >= 0.3 is 11.9 Å². The van der Waals surface area contributed by atoms with Crippen molar-refractivity contribution in [3.63, 3.8) is 0 Å². The summed E-state index contributed by atoms with van der Waals surface area (Å²) in [5.41, 5.74) is 13.4. The summed E-state index contributed by atoms with van der Waals surface area (Å²) >= 11 is 0. The number of pyridine rings is 1. The number of anilines is 3. The Morgan fingerprint density at radius 3 is 2.66 bits per heavy atom. The van der Waals surface area contributed by atoms with Gasteiger partial charge in [-0.15, -0.1) is 0 Å². The van der Waals surface area contributed by atoms with E-state index < -0.39 is 23.9 Å². The van der Waals surface area contributed by atoms with Crippen molar-refractivity contribution in [1.82, 2.24) is 20.3 Å². The van der Waals surface area contributed by atoms with Crippen LogP contribution in [0.25, 0.3) is 0 Å². The molecule has 1 unspecified atom stereocenters. The van der Waals surface area contributed by atoms with Crippen molar-refractivity contribution in [2.45, 2.75) is 38.1 Å². The van der Waals surface area contributed by atoms with Crippen LogP contribution >= 0.6 is 0 Å². The van der Waals surface area contributed by atoms with Crippen molar-refractivity contribution >= 4 is 35.4 Å². The van der Waals surface area contributed by atoms with Gasteiger partial charge in [-0.05, 0) is 43.7 Å². The quantitative estimate of drug-likeness (QED) is 0.310. The number of hydrogen-bond acceptors (Lipinski definition) is 9. The zero-order chi connectivity index (χ0) is 23.3. The lowest BCUT2D eigenvalue weighted by molar-refractivity contribution is -0.140. The smallest absolute Gasteiger partial charge is 0.326 e. The molecule has 0 aliphatic carbocycles. The fourth-order valence-corrected chi connectivity index (χ4v) is 3.50. The van der Waals surface area contributed by atoms with Crippen LogP contribution in [0.4, 0.5) is 17.6 Å². The van der Waals surface area contributed by atoms with Crippen LogP contribution in [0.2, 0.25) is 0 Å². The van der Waals surface area contributed by atoms with E-state index in [2.05, 4.69) is 25.6 Å². The first-order valence-corrected chi connectivity index (χ1v) is 10.1. The summed E-state index contributed by atoms with van der Waals surface area (Å²) in [7, 11) is 0. The summed E-state index contributed by atoms with van der Waals surface area (Å²) in [6.07, 6.45) is 3.04. The predicted octanol–water partition coefficient (Wildman–Crippen LogP) is 0.301. The van der Waals surface area contributed by atoms with Gasteiger partial charge in [0.15, 0.2) is 0 Å². The van der Waals surface area contributed by atoms with Crippen LogP contribution < -0.4 is 22.1 Å². The van der Waals surface area contributed by atoms with Gasteiger partial charge in [-0.1, -0.05) is 0 Å². The number of nitrogens with one attached hydrogen (secondary N) is 2. The van der Waals surface area contributed by atoms with E-state index in [4.69, 9.17) is 21.7 Å². The minimum Gasteiger partial charge on any atom is -0.481 e. The Bertz CT molecular complexity index is 1010. The van der Waals surface area contributed by atoms with E-state index in [1.165, 1.54) is 6.20 Å². The average molecular weight is 443 g/mol. The van der Waals surface area contributed by atoms with Crippen molar-refractivity contribution in [1.29, 1.82) is 0 Å². The fourth-order valence-electron chi connectivity index (χ4n) is 3.50. The molecule has 0 radical (unpaired) electrons. The molecule has 2 aromatic heterocycles. The molecule has 8 N–H and O–H groups in total. The lowest BCUT2D eigenvalue weighted by Crippen LogP contribution is -2.41. The van der Waals surface area contributed by atoms with E-state index in [-0.39, 0.29) is 24.4 Å². The molecular weight excluding hydrogens is 418 g/mol. The second-order valence-electron chi connectivity index (χ2n) is 7.62. The van der Waals surface area contributed by atoms with Crippen LogP contribution in [0.15, 0.2) is 18.3 Å². The van der Waals surface area contributed by atoms with E-state index >= 15 is 0 Å². The highest BCUT2D eigenvalue weighted by molar-refractivity contribution is 5.96. The fraction of sp³-hybridized carbons (Fsp3) is 0.400. The highest BCUT2D eigenvalue weighted by Crippen LogP contribution is 2.29. The van der Waals surface area contributed by atoms with Gasteiger partial charge in [0.05, 0.1) is 5.56 Å². The van der Waals surface area contributed by atoms with Gasteiger partial charge in [0.25, 0.3) is 5.91 Å². The summed E-state index contributed by atoms with van der Waals surface area (Å²) in [6, 6.07) is 1.99. The van der Waals surface area contributed by atoms with Crippen molar-refractivity contribution in [2.24, 2.45) is 5.92 Å². The van der Waals surface area contributed by atoms with Crippen molar-refractivity contribution in [3.8, 4) is 0 Å². The first-order chi connectivity index (χ1) is 15.2. The van der Waals surface area contributed by atoms with E-state index in [0.29, 0.717) is 24.0 Å². The van der Waals surface area contributed by atoms with Crippen molar-refractivity contribution < 1.29 is 24.6 Å². The van der Waals surface area contributed by atoms with Crippen LogP contribution in [-0.4, -0.2) is 55.6 Å². The number of nitrogen functional groups attached to an aromatic ring is 2. The third-order valence-corrected chi connectivity index (χ3v) is 5.25. The molecule has 0 bridgehead atoms. The molecule has 1 aliphatic heterocycles. The van der Waals surface area contributed by atoms with Gasteiger partial charge in [-0.2, -0.15) is 9.97 Å². The van der Waals surface area contributed by atoms with E-state index in [1.807, 2.05) is 0 Å². The summed E-state index contributed by atoms with van der Waals surface area (Å²) in [5.74, 6) is -1.56. The minimum atomic E-state index is -1.29. The number of carboxylic acids is 2. The second kappa shape index (κ2) is 9.90. The monoisotopic (exact) mass is 443 g/mol.